The van der Waals surface area contributed by atoms with E-state index in [2.05, 4.69) is 5.10 Å². The first kappa shape index (κ1) is 14.3. The molecule has 0 fully saturated rings. The Morgan fingerprint density at radius 1 is 1.40 bits per heavy atom. The molecule has 1 amide bonds. The number of carbonyl (C=O) groups is 1. The number of hydrogen-bond acceptors (Lipinski definition) is 4. The standard InChI is InChI=1S/C12H11F3N2O3/c1-7-6-11(20,12(13,14)15)17(16-7)10(19)8-4-2-3-5-9(8)18/h2-5,18,20H,6H2,1H3/t11-/m1/s1. The molecule has 1 aromatic rings. The molecule has 0 aromatic heterocycles. The monoisotopic (exact) mass is 288 g/mol. The van der Waals surface area contributed by atoms with Gasteiger partial charge in [-0.1, -0.05) is 12.1 Å². The number of phenols is 1. The van der Waals surface area contributed by atoms with Gasteiger partial charge in [-0.3, -0.25) is 4.79 Å². The fourth-order valence-corrected chi connectivity index (χ4v) is 1.92. The molecule has 1 aliphatic rings. The summed E-state index contributed by atoms with van der Waals surface area (Å²) in [5.74, 6) is -1.71. The van der Waals surface area contributed by atoms with Gasteiger partial charge in [0.25, 0.3) is 11.6 Å². The van der Waals surface area contributed by atoms with Crippen LogP contribution in [0.15, 0.2) is 29.4 Å². The van der Waals surface area contributed by atoms with Crippen molar-refractivity contribution in [2.45, 2.75) is 25.2 Å². The summed E-state index contributed by atoms with van der Waals surface area (Å²) in [6, 6.07) is 5.11. The normalized spacial score (nSPS) is 22.9. The lowest BCUT2D eigenvalue weighted by atomic mass is 10.1. The van der Waals surface area contributed by atoms with Gasteiger partial charge in [-0.15, -0.1) is 0 Å². The number of aromatic hydroxyl groups is 1. The van der Waals surface area contributed by atoms with Crippen molar-refractivity contribution < 1.29 is 28.2 Å². The number of benzene rings is 1. The Hall–Kier alpha value is -2.09. The highest BCUT2D eigenvalue weighted by Gasteiger charge is 2.62. The molecule has 0 saturated heterocycles. The number of amides is 1. The summed E-state index contributed by atoms with van der Waals surface area (Å²) in [6.07, 6.45) is -5.88. The molecule has 5 nitrogen and oxygen atoms in total. The minimum absolute atomic E-state index is 0.0304. The molecule has 1 aliphatic heterocycles. The number of aliphatic hydroxyl groups is 1. The van der Waals surface area contributed by atoms with Crippen LogP contribution in [0, 0.1) is 0 Å². The van der Waals surface area contributed by atoms with E-state index in [1.165, 1.54) is 19.1 Å². The summed E-state index contributed by atoms with van der Waals surface area (Å²) in [7, 11) is 0. The van der Waals surface area contributed by atoms with Gasteiger partial charge < -0.3 is 10.2 Å². The van der Waals surface area contributed by atoms with E-state index >= 15 is 0 Å². The minimum atomic E-state index is -5.06. The Morgan fingerprint density at radius 2 is 2.00 bits per heavy atom. The molecule has 8 heteroatoms. The zero-order chi connectivity index (χ0) is 15.1. The summed E-state index contributed by atoms with van der Waals surface area (Å²) in [5, 5.41) is 22.7. The third kappa shape index (κ3) is 2.11. The van der Waals surface area contributed by atoms with Crippen molar-refractivity contribution in [3.63, 3.8) is 0 Å². The first-order valence-corrected chi connectivity index (χ1v) is 5.62. The molecule has 1 atom stereocenters. The van der Waals surface area contributed by atoms with Crippen LogP contribution in [-0.2, 0) is 0 Å². The molecule has 20 heavy (non-hydrogen) atoms. The number of carbonyl (C=O) groups excluding carboxylic acids is 1. The van der Waals surface area contributed by atoms with Crippen LogP contribution in [0.3, 0.4) is 0 Å². The number of hydrazone groups is 1. The molecule has 0 radical (unpaired) electrons. The molecule has 0 bridgehead atoms. The van der Waals surface area contributed by atoms with Gasteiger partial charge in [0.1, 0.15) is 5.75 Å². The van der Waals surface area contributed by atoms with Crippen molar-refractivity contribution in [1.82, 2.24) is 5.01 Å². The quantitative estimate of drug-likeness (QED) is 0.828. The number of hydrogen-bond donors (Lipinski definition) is 2. The van der Waals surface area contributed by atoms with E-state index in [4.69, 9.17) is 0 Å². The van der Waals surface area contributed by atoms with Crippen LogP contribution < -0.4 is 0 Å². The SMILES string of the molecule is CC1=NN(C(=O)c2ccccc2O)[C@](O)(C(F)(F)F)C1. The summed E-state index contributed by atoms with van der Waals surface area (Å²) in [5.41, 5.74) is -3.79. The molecule has 0 spiro atoms. The minimum Gasteiger partial charge on any atom is -0.507 e. The van der Waals surface area contributed by atoms with Crippen LogP contribution in [0.4, 0.5) is 13.2 Å². The second-order valence-electron chi connectivity index (χ2n) is 4.46. The Bertz CT molecular complexity index is 586. The van der Waals surface area contributed by atoms with E-state index in [0.717, 1.165) is 12.1 Å². The van der Waals surface area contributed by atoms with Gasteiger partial charge in [0, 0.05) is 12.1 Å². The van der Waals surface area contributed by atoms with E-state index in [0.29, 0.717) is 0 Å². The summed E-state index contributed by atoms with van der Waals surface area (Å²) < 4.78 is 38.9. The zero-order valence-electron chi connectivity index (χ0n) is 10.3. The average Bonchev–Trinajstić information content (AvgIpc) is 2.65. The fourth-order valence-electron chi connectivity index (χ4n) is 1.92. The summed E-state index contributed by atoms with van der Waals surface area (Å²) >= 11 is 0. The van der Waals surface area contributed by atoms with Crippen molar-refractivity contribution in [2.75, 3.05) is 0 Å². The van der Waals surface area contributed by atoms with Gasteiger partial charge in [0.15, 0.2) is 0 Å². The third-order valence-corrected chi connectivity index (χ3v) is 2.90. The van der Waals surface area contributed by atoms with E-state index in [9.17, 15) is 28.2 Å². The molecular weight excluding hydrogens is 277 g/mol. The highest BCUT2D eigenvalue weighted by atomic mass is 19.4. The summed E-state index contributed by atoms with van der Waals surface area (Å²) in [4.78, 5) is 12.1. The largest absolute Gasteiger partial charge is 0.507 e. The van der Waals surface area contributed by atoms with E-state index in [1.54, 1.807) is 0 Å². The van der Waals surface area contributed by atoms with Gasteiger partial charge in [-0.2, -0.15) is 23.3 Å². The third-order valence-electron chi connectivity index (χ3n) is 2.90. The molecule has 2 N–H and O–H groups in total. The second kappa shape index (κ2) is 4.48. The number of alkyl halides is 3. The lowest BCUT2D eigenvalue weighted by molar-refractivity contribution is -0.297. The number of halogens is 3. The zero-order valence-corrected chi connectivity index (χ0v) is 10.3. The van der Waals surface area contributed by atoms with Crippen molar-refractivity contribution in [2.24, 2.45) is 5.10 Å². The molecule has 0 aliphatic carbocycles. The number of para-hydroxylation sites is 1. The van der Waals surface area contributed by atoms with Gasteiger partial charge >= 0.3 is 6.18 Å². The van der Waals surface area contributed by atoms with Gasteiger partial charge in [0.05, 0.1) is 5.56 Å². The Morgan fingerprint density at radius 3 is 2.55 bits per heavy atom. The Kier molecular flexibility index (Phi) is 3.21. The lowest BCUT2D eigenvalue weighted by Gasteiger charge is -2.32. The number of nitrogens with zero attached hydrogens (tertiary/aromatic N) is 2. The Labute approximate surface area is 111 Å². The number of rotatable bonds is 1. The first-order valence-electron chi connectivity index (χ1n) is 5.62. The molecule has 1 aromatic carbocycles. The average molecular weight is 288 g/mol. The smallest absolute Gasteiger partial charge is 0.438 e. The predicted octanol–water partition coefficient (Wildman–Crippen LogP) is 1.86. The van der Waals surface area contributed by atoms with E-state index in [-0.39, 0.29) is 16.3 Å². The van der Waals surface area contributed by atoms with Crippen LogP contribution in [-0.4, -0.2) is 38.7 Å². The van der Waals surface area contributed by atoms with Crippen LogP contribution in [0.25, 0.3) is 0 Å². The van der Waals surface area contributed by atoms with Crippen molar-refractivity contribution in [1.29, 1.82) is 0 Å². The van der Waals surface area contributed by atoms with Crippen LogP contribution in [0.2, 0.25) is 0 Å². The lowest BCUT2D eigenvalue weighted by Crippen LogP contribution is -2.56. The first-order chi connectivity index (χ1) is 9.17. The number of phenolic OH excluding ortho intramolecular Hbond substituents is 1. The van der Waals surface area contributed by atoms with E-state index in [1.807, 2.05) is 0 Å². The van der Waals surface area contributed by atoms with Crippen LogP contribution in [0.5, 0.6) is 5.75 Å². The van der Waals surface area contributed by atoms with Crippen molar-refractivity contribution in [3.8, 4) is 5.75 Å². The maximum atomic E-state index is 13.0. The predicted molar refractivity (Wildman–Crippen MR) is 63.0 cm³/mol. The molecule has 108 valence electrons. The molecule has 2 rings (SSSR count). The Balaban J connectivity index is 2.45. The molecule has 0 unspecified atom stereocenters. The second-order valence-corrected chi connectivity index (χ2v) is 4.46. The van der Waals surface area contributed by atoms with Crippen LogP contribution >= 0.6 is 0 Å². The topological polar surface area (TPSA) is 73.1 Å². The summed E-state index contributed by atoms with van der Waals surface area (Å²) in [6.45, 7) is 1.27. The van der Waals surface area contributed by atoms with Crippen molar-refractivity contribution >= 4 is 11.6 Å². The van der Waals surface area contributed by atoms with Crippen LogP contribution in [0.1, 0.15) is 23.7 Å². The molecule has 0 saturated carbocycles. The van der Waals surface area contributed by atoms with Gasteiger partial charge in [-0.05, 0) is 19.1 Å². The maximum absolute atomic E-state index is 13.0. The van der Waals surface area contributed by atoms with Gasteiger partial charge in [0.2, 0.25) is 0 Å². The van der Waals surface area contributed by atoms with Gasteiger partial charge in [-0.25, -0.2) is 0 Å². The maximum Gasteiger partial charge on any atom is 0.438 e. The van der Waals surface area contributed by atoms with Crippen molar-refractivity contribution in [3.05, 3.63) is 29.8 Å². The fraction of sp³-hybridized carbons (Fsp3) is 0.333. The molecule has 1 heterocycles. The highest BCUT2D eigenvalue weighted by Crippen LogP contribution is 2.41. The van der Waals surface area contributed by atoms with E-state index < -0.39 is 30.0 Å². The molecular formula is C12H11F3N2O3. The highest BCUT2D eigenvalue weighted by molar-refractivity contribution is 5.99.